The van der Waals surface area contributed by atoms with E-state index in [1.54, 1.807) is 42.5 Å². The van der Waals surface area contributed by atoms with Gasteiger partial charge in [0.1, 0.15) is 6.54 Å². The van der Waals surface area contributed by atoms with Crippen LogP contribution >= 0.6 is 11.6 Å². The van der Waals surface area contributed by atoms with Crippen LogP contribution in [0.15, 0.2) is 48.5 Å². The first kappa shape index (κ1) is 18.5. The number of hydrogen-bond acceptors (Lipinski definition) is 4. The summed E-state index contributed by atoms with van der Waals surface area (Å²) in [5.41, 5.74) is 1.93. The van der Waals surface area contributed by atoms with Crippen LogP contribution in [0.4, 0.5) is 5.69 Å². The van der Waals surface area contributed by atoms with Crippen molar-refractivity contribution in [1.29, 1.82) is 0 Å². The minimum Gasteiger partial charge on any atom is -0.454 e. The van der Waals surface area contributed by atoms with Gasteiger partial charge >= 0.3 is 5.97 Å². The second kappa shape index (κ2) is 8.84. The number of benzene rings is 2. The van der Waals surface area contributed by atoms with Gasteiger partial charge in [-0.3, -0.25) is 14.4 Å². The van der Waals surface area contributed by atoms with E-state index in [1.807, 2.05) is 13.0 Å². The van der Waals surface area contributed by atoms with E-state index in [1.165, 1.54) is 0 Å². The Hall–Kier alpha value is -2.86. The second-order valence-electron chi connectivity index (χ2n) is 5.27. The van der Waals surface area contributed by atoms with Crippen molar-refractivity contribution in [2.24, 2.45) is 0 Å². The molecule has 6 nitrogen and oxygen atoms in total. The molecule has 0 atom stereocenters. The smallest absolute Gasteiger partial charge is 0.325 e. The van der Waals surface area contributed by atoms with E-state index in [-0.39, 0.29) is 12.5 Å². The van der Waals surface area contributed by atoms with Gasteiger partial charge in [-0.2, -0.15) is 0 Å². The molecular weight excluding hydrogens is 344 g/mol. The van der Waals surface area contributed by atoms with Crippen molar-refractivity contribution in [3.63, 3.8) is 0 Å². The molecule has 0 aliphatic rings. The van der Waals surface area contributed by atoms with Gasteiger partial charge in [0.05, 0.1) is 0 Å². The van der Waals surface area contributed by atoms with Crippen molar-refractivity contribution >= 4 is 35.1 Å². The third kappa shape index (κ3) is 6.27. The molecule has 0 bridgehead atoms. The zero-order chi connectivity index (χ0) is 18.2. The number of nitrogens with one attached hydrogen (secondary N) is 2. The van der Waals surface area contributed by atoms with E-state index in [2.05, 4.69) is 10.6 Å². The van der Waals surface area contributed by atoms with Crippen molar-refractivity contribution < 1.29 is 19.1 Å². The first-order valence-electron chi connectivity index (χ1n) is 7.50. The second-order valence-corrected chi connectivity index (χ2v) is 5.70. The van der Waals surface area contributed by atoms with Crippen LogP contribution in [-0.4, -0.2) is 30.9 Å². The molecule has 0 unspecified atom stereocenters. The lowest BCUT2D eigenvalue weighted by Crippen LogP contribution is -2.32. The summed E-state index contributed by atoms with van der Waals surface area (Å²) in [5, 5.41) is 5.55. The normalized spacial score (nSPS) is 10.0. The highest BCUT2D eigenvalue weighted by Gasteiger charge is 2.11. The molecule has 0 aromatic heterocycles. The highest BCUT2D eigenvalue weighted by molar-refractivity contribution is 6.30. The van der Waals surface area contributed by atoms with Crippen LogP contribution in [0.5, 0.6) is 0 Å². The maximum atomic E-state index is 11.9. The summed E-state index contributed by atoms with van der Waals surface area (Å²) in [7, 11) is 0. The first-order valence-corrected chi connectivity index (χ1v) is 7.88. The fourth-order valence-electron chi connectivity index (χ4n) is 1.97. The molecule has 2 rings (SSSR count). The molecule has 0 saturated heterocycles. The summed E-state index contributed by atoms with van der Waals surface area (Å²) in [5.74, 6) is -1.57. The van der Waals surface area contributed by atoms with Crippen molar-refractivity contribution in [2.75, 3.05) is 18.5 Å². The fourth-order valence-corrected chi connectivity index (χ4v) is 2.09. The van der Waals surface area contributed by atoms with E-state index < -0.39 is 18.5 Å². The Morgan fingerprint density at radius 1 is 1.08 bits per heavy atom. The Kier molecular flexibility index (Phi) is 6.54. The van der Waals surface area contributed by atoms with E-state index in [9.17, 15) is 14.4 Å². The third-order valence-corrected chi connectivity index (χ3v) is 3.42. The molecule has 0 aliphatic heterocycles. The molecule has 0 heterocycles. The van der Waals surface area contributed by atoms with Crippen LogP contribution in [0.25, 0.3) is 0 Å². The molecule has 2 aromatic carbocycles. The monoisotopic (exact) mass is 360 g/mol. The van der Waals surface area contributed by atoms with Crippen LogP contribution < -0.4 is 10.6 Å². The van der Waals surface area contributed by atoms with Crippen LogP contribution in [0.1, 0.15) is 15.9 Å². The molecule has 2 N–H and O–H groups in total. The van der Waals surface area contributed by atoms with Gasteiger partial charge in [0, 0.05) is 16.3 Å². The number of anilines is 1. The number of amides is 2. The number of carbonyl (C=O) groups excluding carboxylic acids is 3. The predicted molar refractivity (Wildman–Crippen MR) is 94.6 cm³/mol. The molecule has 0 aliphatic carbocycles. The molecule has 0 saturated carbocycles. The molecule has 0 fully saturated rings. The summed E-state index contributed by atoms with van der Waals surface area (Å²) in [6.07, 6.45) is 0. The molecule has 0 radical (unpaired) electrons. The van der Waals surface area contributed by atoms with Gasteiger partial charge < -0.3 is 15.4 Å². The van der Waals surface area contributed by atoms with Crippen LogP contribution in [0, 0.1) is 6.92 Å². The standard InChI is InChI=1S/C18H17ClN2O4/c1-12-3-2-4-13(9-12)18(24)20-10-17(23)25-11-16(22)21-15-7-5-14(19)6-8-15/h2-9H,10-11H2,1H3,(H,20,24)(H,21,22). The van der Waals surface area contributed by atoms with Gasteiger partial charge in [-0.25, -0.2) is 0 Å². The lowest BCUT2D eigenvalue weighted by atomic mass is 10.1. The molecule has 0 spiro atoms. The Morgan fingerprint density at radius 2 is 1.80 bits per heavy atom. The number of esters is 1. The molecule has 130 valence electrons. The van der Waals surface area contributed by atoms with Gasteiger partial charge in [0.15, 0.2) is 6.61 Å². The topological polar surface area (TPSA) is 84.5 Å². The quantitative estimate of drug-likeness (QED) is 0.775. The van der Waals surface area contributed by atoms with Crippen molar-refractivity contribution in [3.8, 4) is 0 Å². The van der Waals surface area contributed by atoms with Gasteiger partial charge in [-0.05, 0) is 43.3 Å². The molecule has 25 heavy (non-hydrogen) atoms. The predicted octanol–water partition coefficient (Wildman–Crippen LogP) is 2.56. The van der Waals surface area contributed by atoms with Crippen molar-refractivity contribution in [1.82, 2.24) is 5.32 Å². The summed E-state index contributed by atoms with van der Waals surface area (Å²) in [6.45, 7) is 1.10. The van der Waals surface area contributed by atoms with Crippen LogP contribution in [0.2, 0.25) is 5.02 Å². The number of carbonyl (C=O) groups is 3. The molecule has 2 aromatic rings. The molecule has 7 heteroatoms. The maximum absolute atomic E-state index is 11.9. The fraction of sp³-hybridized carbons (Fsp3) is 0.167. The number of halogens is 1. The maximum Gasteiger partial charge on any atom is 0.325 e. The zero-order valence-corrected chi connectivity index (χ0v) is 14.3. The van der Waals surface area contributed by atoms with E-state index >= 15 is 0 Å². The van der Waals surface area contributed by atoms with E-state index in [0.717, 1.165) is 5.56 Å². The largest absolute Gasteiger partial charge is 0.454 e. The lowest BCUT2D eigenvalue weighted by Gasteiger charge is -2.08. The Bertz CT molecular complexity index is 775. The average molecular weight is 361 g/mol. The minimum absolute atomic E-state index is 0.318. The van der Waals surface area contributed by atoms with Crippen LogP contribution in [-0.2, 0) is 14.3 Å². The van der Waals surface area contributed by atoms with Crippen molar-refractivity contribution in [2.45, 2.75) is 6.92 Å². The summed E-state index contributed by atoms with van der Waals surface area (Å²) in [6, 6.07) is 13.5. The minimum atomic E-state index is -0.702. The SMILES string of the molecule is Cc1cccc(C(=O)NCC(=O)OCC(=O)Nc2ccc(Cl)cc2)c1. The van der Waals surface area contributed by atoms with Crippen molar-refractivity contribution in [3.05, 3.63) is 64.7 Å². The summed E-state index contributed by atoms with van der Waals surface area (Å²) in [4.78, 5) is 35.2. The van der Waals surface area contributed by atoms with Crippen LogP contribution in [0.3, 0.4) is 0 Å². The summed E-state index contributed by atoms with van der Waals surface area (Å²) < 4.78 is 4.82. The third-order valence-electron chi connectivity index (χ3n) is 3.17. The van der Waals surface area contributed by atoms with Gasteiger partial charge in [-0.1, -0.05) is 29.3 Å². The first-order chi connectivity index (χ1) is 11.9. The van der Waals surface area contributed by atoms with E-state index in [4.69, 9.17) is 16.3 Å². The summed E-state index contributed by atoms with van der Waals surface area (Å²) >= 11 is 5.75. The number of ether oxygens (including phenoxy) is 1. The highest BCUT2D eigenvalue weighted by atomic mass is 35.5. The Balaban J connectivity index is 1.72. The molecular formula is C18H17ClN2O4. The van der Waals surface area contributed by atoms with Gasteiger partial charge in [-0.15, -0.1) is 0 Å². The van der Waals surface area contributed by atoms with E-state index in [0.29, 0.717) is 16.3 Å². The molecule has 2 amide bonds. The average Bonchev–Trinajstić information content (AvgIpc) is 2.60. The lowest BCUT2D eigenvalue weighted by molar-refractivity contribution is -0.146. The van der Waals surface area contributed by atoms with Gasteiger partial charge in [0.2, 0.25) is 0 Å². The Labute approximate surface area is 150 Å². The highest BCUT2D eigenvalue weighted by Crippen LogP contribution is 2.13. The Morgan fingerprint density at radius 3 is 2.48 bits per heavy atom. The zero-order valence-electron chi connectivity index (χ0n) is 13.5. The van der Waals surface area contributed by atoms with Gasteiger partial charge in [0.25, 0.3) is 11.8 Å². The number of aryl methyl sites for hydroxylation is 1. The number of rotatable bonds is 6. The number of hydrogen-bond donors (Lipinski definition) is 2.